The molecule has 2 aliphatic rings. The van der Waals surface area contributed by atoms with Crippen molar-refractivity contribution in [2.75, 3.05) is 27.8 Å². The molecule has 5 aromatic rings. The fourth-order valence-corrected chi connectivity index (χ4v) is 8.51. The van der Waals surface area contributed by atoms with E-state index in [0.29, 0.717) is 73.1 Å². The third kappa shape index (κ3) is 8.45. The van der Waals surface area contributed by atoms with Gasteiger partial charge in [0.15, 0.2) is 0 Å². The van der Waals surface area contributed by atoms with Crippen LogP contribution >= 0.6 is 23.2 Å². The van der Waals surface area contributed by atoms with Crippen LogP contribution in [-0.2, 0) is 29.2 Å². The van der Waals surface area contributed by atoms with E-state index in [1.807, 2.05) is 71.5 Å². The van der Waals surface area contributed by atoms with Crippen LogP contribution in [0.2, 0.25) is 10.0 Å². The lowest BCUT2D eigenvalue weighted by molar-refractivity contribution is -0.143. The van der Waals surface area contributed by atoms with E-state index in [1.54, 1.807) is 14.2 Å². The van der Waals surface area contributed by atoms with Crippen molar-refractivity contribution in [3.63, 3.8) is 0 Å². The second kappa shape index (κ2) is 17.0. The number of hydrogen-bond acceptors (Lipinski definition) is 8. The van der Waals surface area contributed by atoms with Crippen LogP contribution in [0.5, 0.6) is 11.6 Å². The summed E-state index contributed by atoms with van der Waals surface area (Å²) < 4.78 is 13.5. The van der Waals surface area contributed by atoms with E-state index in [9.17, 15) is 14.7 Å². The molecule has 288 valence electrons. The number of amides is 1. The zero-order valence-electron chi connectivity index (χ0n) is 31.3. The fourth-order valence-electron chi connectivity index (χ4n) is 7.94. The zero-order valence-corrected chi connectivity index (χ0v) is 32.8. The summed E-state index contributed by atoms with van der Waals surface area (Å²) >= 11 is 14.1. The number of methoxy groups -OCH3 is 2. The highest BCUT2D eigenvalue weighted by atomic mass is 35.5. The highest BCUT2D eigenvalue weighted by Crippen LogP contribution is 2.40. The Morgan fingerprint density at radius 1 is 0.964 bits per heavy atom. The lowest BCUT2D eigenvalue weighted by Gasteiger charge is -2.33. The minimum atomic E-state index is -0.695. The maximum absolute atomic E-state index is 11.5. The number of carbonyl (C=O) groups is 2. The Bertz CT molecular complexity index is 2200. The van der Waals surface area contributed by atoms with Crippen LogP contribution < -0.4 is 20.1 Å². The van der Waals surface area contributed by atoms with Crippen LogP contribution in [0.3, 0.4) is 0 Å². The molecule has 7 rings (SSSR count). The van der Waals surface area contributed by atoms with Crippen LogP contribution in [0.15, 0.2) is 66.9 Å². The molecule has 0 spiro atoms. The Balaban J connectivity index is 1.09. The number of carbonyl (C=O) groups excluding carboxylic acids is 1. The Morgan fingerprint density at radius 2 is 1.73 bits per heavy atom. The maximum atomic E-state index is 11.5. The number of aromatic nitrogens is 3. The molecule has 13 heteroatoms. The number of ether oxygens (including phenoxy) is 2. The Kier molecular flexibility index (Phi) is 11.9. The van der Waals surface area contributed by atoms with Gasteiger partial charge in [-0.15, -0.1) is 0 Å². The van der Waals surface area contributed by atoms with Gasteiger partial charge in [0, 0.05) is 70.8 Å². The summed E-state index contributed by atoms with van der Waals surface area (Å²) in [5.41, 5.74) is 7.00. The van der Waals surface area contributed by atoms with Crippen LogP contribution in [-0.4, -0.2) is 76.5 Å². The molecular formula is C42H46Cl2N6O5. The molecule has 1 aliphatic heterocycles. The van der Waals surface area contributed by atoms with Crippen molar-refractivity contribution < 1.29 is 24.2 Å². The largest absolute Gasteiger partial charge is 0.496 e. The van der Waals surface area contributed by atoms with Gasteiger partial charge < -0.3 is 25.2 Å². The molecule has 1 saturated heterocycles. The van der Waals surface area contributed by atoms with Crippen molar-refractivity contribution in [3.05, 3.63) is 93.6 Å². The molecule has 2 fully saturated rings. The lowest BCUT2D eigenvalue weighted by Crippen LogP contribution is -2.36. The quantitative estimate of drug-likeness (QED) is 0.104. The van der Waals surface area contributed by atoms with Crippen molar-refractivity contribution in [2.45, 2.75) is 70.2 Å². The molecule has 3 heterocycles. The highest BCUT2D eigenvalue weighted by Gasteiger charge is 2.28. The first-order chi connectivity index (χ1) is 26.6. The Labute approximate surface area is 330 Å². The molecule has 11 nitrogen and oxygen atoms in total. The number of nitrogens with zero attached hydrogens (tertiary/aromatic N) is 4. The van der Waals surface area contributed by atoms with Crippen molar-refractivity contribution in [1.29, 1.82) is 0 Å². The van der Waals surface area contributed by atoms with E-state index in [1.165, 1.54) is 0 Å². The number of hydrogen-bond donors (Lipinski definition) is 3. The number of rotatable bonds is 14. The van der Waals surface area contributed by atoms with Crippen LogP contribution in [0.1, 0.15) is 55.2 Å². The average Bonchev–Trinajstić information content (AvgIpc) is 3.81. The SMILES string of the molecule is COc1cc(Cn2ncc3c(-c4cccc(-c5ccc(CNC[C@@H]6CCC(=O)N6)c(OC)n5)c4Cl)cccc32)c(Cl)cc1CN(C)C1CCC(C(=O)O)CC1. The summed E-state index contributed by atoms with van der Waals surface area (Å²) in [6.07, 6.45) is 6.37. The molecule has 0 unspecified atom stereocenters. The van der Waals surface area contributed by atoms with Crippen LogP contribution in [0.25, 0.3) is 33.3 Å². The molecule has 1 saturated carbocycles. The lowest BCUT2D eigenvalue weighted by atomic mass is 9.85. The number of carboxylic acids is 1. The van der Waals surface area contributed by atoms with E-state index >= 15 is 0 Å². The first-order valence-electron chi connectivity index (χ1n) is 18.7. The molecular weight excluding hydrogens is 739 g/mol. The van der Waals surface area contributed by atoms with Crippen molar-refractivity contribution in [2.24, 2.45) is 5.92 Å². The molecule has 0 bridgehead atoms. The normalized spacial score (nSPS) is 18.5. The van der Waals surface area contributed by atoms with Gasteiger partial charge in [-0.3, -0.25) is 19.2 Å². The number of aliphatic carboxylic acids is 1. The van der Waals surface area contributed by atoms with Gasteiger partial charge in [-0.2, -0.15) is 5.10 Å². The number of benzene rings is 3. The topological polar surface area (TPSA) is 131 Å². The first kappa shape index (κ1) is 38.6. The predicted octanol–water partition coefficient (Wildman–Crippen LogP) is 7.58. The molecule has 2 aromatic heterocycles. The van der Waals surface area contributed by atoms with E-state index < -0.39 is 5.97 Å². The van der Waals surface area contributed by atoms with E-state index in [-0.39, 0.29) is 17.9 Å². The smallest absolute Gasteiger partial charge is 0.306 e. The van der Waals surface area contributed by atoms with Gasteiger partial charge >= 0.3 is 5.97 Å². The van der Waals surface area contributed by atoms with Crippen molar-refractivity contribution in [1.82, 2.24) is 30.3 Å². The van der Waals surface area contributed by atoms with Crippen LogP contribution in [0, 0.1) is 5.92 Å². The minimum Gasteiger partial charge on any atom is -0.496 e. The van der Waals surface area contributed by atoms with Gasteiger partial charge in [-0.05, 0) is 74.5 Å². The first-order valence-corrected chi connectivity index (χ1v) is 19.4. The van der Waals surface area contributed by atoms with Gasteiger partial charge in [0.05, 0.1) is 49.1 Å². The summed E-state index contributed by atoms with van der Waals surface area (Å²) in [4.78, 5) is 30.1. The summed E-state index contributed by atoms with van der Waals surface area (Å²) in [5, 5.41) is 22.7. The minimum absolute atomic E-state index is 0.100. The maximum Gasteiger partial charge on any atom is 0.306 e. The number of halogens is 2. The second-order valence-electron chi connectivity index (χ2n) is 14.5. The molecule has 55 heavy (non-hydrogen) atoms. The van der Waals surface area contributed by atoms with Crippen LogP contribution in [0.4, 0.5) is 0 Å². The van der Waals surface area contributed by atoms with Crippen molar-refractivity contribution >= 4 is 46.0 Å². The molecule has 3 aromatic carbocycles. The predicted molar refractivity (Wildman–Crippen MR) is 215 cm³/mol. The van der Waals surface area contributed by atoms with Gasteiger partial charge in [0.25, 0.3) is 0 Å². The van der Waals surface area contributed by atoms with E-state index in [2.05, 4.69) is 22.6 Å². The Hall–Kier alpha value is -4.68. The summed E-state index contributed by atoms with van der Waals surface area (Å²) in [6.45, 7) is 2.32. The number of carboxylic acid groups (broad SMARTS) is 1. The summed E-state index contributed by atoms with van der Waals surface area (Å²) in [5.74, 6) is 0.423. The molecule has 3 N–H and O–H groups in total. The average molecular weight is 786 g/mol. The monoisotopic (exact) mass is 784 g/mol. The standard InChI is InChI=1S/C42H46Cl2N6O5/c1-49(30-14-10-25(11-15-30)42(52)53)23-28-18-35(43)27(19-38(28)54-2)24-50-37-9-5-6-31(34(37)22-46-50)32-7-4-8-33(40(32)44)36-16-12-26(41(48-36)55-3)20-45-21-29-13-17-39(51)47-29/h4-9,12,16,18-19,22,25,29-30,45H,10-11,13-15,17,20-21,23-24H2,1-3H3,(H,47,51)(H,52,53)/t25?,29-,30?/m0/s1. The number of pyridine rings is 1. The third-order valence-electron chi connectivity index (χ3n) is 11.0. The van der Waals surface area contributed by atoms with Gasteiger partial charge in [-0.1, -0.05) is 59.6 Å². The van der Waals surface area contributed by atoms with Gasteiger partial charge in [-0.25, -0.2) is 4.98 Å². The fraction of sp³-hybridized carbons (Fsp3) is 0.381. The van der Waals surface area contributed by atoms with E-state index in [0.717, 1.165) is 69.3 Å². The number of fused-ring (bicyclic) bond motifs is 1. The number of nitrogens with one attached hydrogen (secondary N) is 2. The molecule has 1 atom stereocenters. The zero-order chi connectivity index (χ0) is 38.6. The Morgan fingerprint density at radius 3 is 2.45 bits per heavy atom. The molecule has 0 radical (unpaired) electrons. The van der Waals surface area contributed by atoms with Gasteiger partial charge in [0.2, 0.25) is 11.8 Å². The summed E-state index contributed by atoms with van der Waals surface area (Å²) in [7, 11) is 5.35. The molecule has 1 aliphatic carbocycles. The summed E-state index contributed by atoms with van der Waals surface area (Å²) in [6, 6.07) is 20.4. The van der Waals surface area contributed by atoms with Gasteiger partial charge in [0.1, 0.15) is 5.75 Å². The van der Waals surface area contributed by atoms with Crippen molar-refractivity contribution in [3.8, 4) is 34.0 Å². The third-order valence-corrected chi connectivity index (χ3v) is 11.8. The van der Waals surface area contributed by atoms with E-state index in [4.69, 9.17) is 42.8 Å². The highest BCUT2D eigenvalue weighted by molar-refractivity contribution is 6.36. The molecule has 1 amide bonds. The second-order valence-corrected chi connectivity index (χ2v) is 15.3.